The molecule has 1 aliphatic rings. The number of nitrogens with one attached hydrogen (secondary N) is 2. The lowest BCUT2D eigenvalue weighted by molar-refractivity contribution is 0.612. The van der Waals surface area contributed by atoms with Crippen LogP contribution in [0.25, 0.3) is 17.1 Å². The molecule has 2 aromatic heterocycles. The molecule has 27 heavy (non-hydrogen) atoms. The predicted octanol–water partition coefficient (Wildman–Crippen LogP) is 2.93. The number of hydrogen-bond acceptors (Lipinski definition) is 7. The number of halogens is 1. The molecule has 5 rings (SSSR count). The Labute approximate surface area is 153 Å². The van der Waals surface area contributed by atoms with Crippen LogP contribution in [0.3, 0.4) is 0 Å². The van der Waals surface area contributed by atoms with Gasteiger partial charge in [0.15, 0.2) is 5.82 Å². The van der Waals surface area contributed by atoms with E-state index in [1.165, 1.54) is 6.07 Å². The Morgan fingerprint density at radius 2 is 1.93 bits per heavy atom. The van der Waals surface area contributed by atoms with Crippen molar-refractivity contribution in [1.29, 1.82) is 0 Å². The normalized spacial score (nSPS) is 11.6. The molecule has 1 aliphatic heterocycles. The highest BCUT2D eigenvalue weighted by molar-refractivity contribution is 5.81. The van der Waals surface area contributed by atoms with Gasteiger partial charge in [-0.1, -0.05) is 30.3 Å². The molecule has 8 nitrogen and oxygen atoms in total. The Morgan fingerprint density at radius 1 is 1.07 bits per heavy atom. The molecule has 0 saturated carbocycles. The van der Waals surface area contributed by atoms with Crippen LogP contribution in [0, 0.1) is 5.82 Å². The van der Waals surface area contributed by atoms with Gasteiger partial charge in [0.05, 0.1) is 16.9 Å². The highest BCUT2D eigenvalue weighted by Crippen LogP contribution is 2.35. The first kappa shape index (κ1) is 15.4. The van der Waals surface area contributed by atoms with Crippen LogP contribution < -0.4 is 10.6 Å². The average molecular weight is 360 g/mol. The number of anilines is 3. The van der Waals surface area contributed by atoms with Crippen LogP contribution in [0.5, 0.6) is 0 Å². The van der Waals surface area contributed by atoms with E-state index in [0.717, 1.165) is 11.4 Å². The molecule has 0 radical (unpaired) electrons. The zero-order valence-electron chi connectivity index (χ0n) is 14.0. The molecule has 4 aromatic rings. The molecule has 0 fully saturated rings. The molecular formula is C18H13FN8. The van der Waals surface area contributed by atoms with Crippen LogP contribution >= 0.6 is 0 Å². The second kappa shape index (κ2) is 6.13. The van der Waals surface area contributed by atoms with Crippen molar-refractivity contribution in [2.24, 2.45) is 0 Å². The lowest BCUT2D eigenvalue weighted by Gasteiger charge is -2.10. The van der Waals surface area contributed by atoms with Gasteiger partial charge >= 0.3 is 0 Å². The minimum absolute atomic E-state index is 0.272. The molecule has 0 saturated heterocycles. The van der Waals surface area contributed by atoms with Crippen LogP contribution in [0.1, 0.15) is 5.56 Å². The molecule has 0 bridgehead atoms. The van der Waals surface area contributed by atoms with E-state index in [0.29, 0.717) is 28.7 Å². The zero-order chi connectivity index (χ0) is 18.2. The highest BCUT2D eigenvalue weighted by atomic mass is 19.1. The third kappa shape index (κ3) is 2.65. The first-order chi connectivity index (χ1) is 13.3. The lowest BCUT2D eigenvalue weighted by atomic mass is 10.2. The van der Waals surface area contributed by atoms with Gasteiger partial charge in [0.2, 0.25) is 5.95 Å². The summed E-state index contributed by atoms with van der Waals surface area (Å²) in [6.45, 7) is 0.278. The molecule has 0 spiro atoms. The summed E-state index contributed by atoms with van der Waals surface area (Å²) < 4.78 is 15.4. The zero-order valence-corrected chi connectivity index (χ0v) is 14.0. The molecule has 3 heterocycles. The minimum atomic E-state index is -0.272. The number of para-hydroxylation sites is 2. The van der Waals surface area contributed by atoms with Crippen molar-refractivity contribution in [2.45, 2.75) is 6.54 Å². The van der Waals surface area contributed by atoms with E-state index in [-0.39, 0.29) is 12.4 Å². The van der Waals surface area contributed by atoms with Crippen LogP contribution in [0.15, 0.2) is 54.7 Å². The molecule has 0 aliphatic carbocycles. The van der Waals surface area contributed by atoms with Crippen molar-refractivity contribution >= 4 is 17.5 Å². The van der Waals surface area contributed by atoms with Gasteiger partial charge in [0.25, 0.3) is 0 Å². The minimum Gasteiger partial charge on any atom is -0.350 e. The van der Waals surface area contributed by atoms with Gasteiger partial charge in [-0.05, 0) is 28.6 Å². The quantitative estimate of drug-likeness (QED) is 0.511. The summed E-state index contributed by atoms with van der Waals surface area (Å²) in [5.74, 6) is 1.22. The molecule has 0 atom stereocenters. The summed E-state index contributed by atoms with van der Waals surface area (Å²) in [6, 6.07) is 14.2. The smallest absolute Gasteiger partial charge is 0.224 e. The van der Waals surface area contributed by atoms with E-state index >= 15 is 0 Å². The second-order valence-corrected chi connectivity index (χ2v) is 5.96. The summed E-state index contributed by atoms with van der Waals surface area (Å²) in [5.41, 5.74) is 2.85. The maximum atomic E-state index is 13.8. The molecule has 9 heteroatoms. The Kier molecular flexibility index (Phi) is 3.49. The predicted molar refractivity (Wildman–Crippen MR) is 97.2 cm³/mol. The van der Waals surface area contributed by atoms with Gasteiger partial charge in [-0.25, -0.2) is 9.37 Å². The maximum Gasteiger partial charge on any atom is 0.224 e. The Bertz CT molecular complexity index is 1140. The van der Waals surface area contributed by atoms with E-state index in [9.17, 15) is 4.39 Å². The summed E-state index contributed by atoms with van der Waals surface area (Å²) >= 11 is 0. The number of nitrogens with zero attached hydrogens (tertiary/aromatic N) is 6. The molecule has 0 amide bonds. The average Bonchev–Trinajstić information content (AvgIpc) is 3.13. The second-order valence-electron chi connectivity index (χ2n) is 5.96. The van der Waals surface area contributed by atoms with Crippen molar-refractivity contribution in [3.63, 3.8) is 0 Å². The number of rotatable bonds is 3. The first-order valence-electron chi connectivity index (χ1n) is 8.29. The number of hydrogen-bond donors (Lipinski definition) is 2. The molecule has 2 aromatic carbocycles. The monoisotopic (exact) mass is 360 g/mol. The topological polar surface area (TPSA) is 93.4 Å². The van der Waals surface area contributed by atoms with Crippen LogP contribution in [0.2, 0.25) is 0 Å². The van der Waals surface area contributed by atoms with Gasteiger partial charge in [0, 0.05) is 18.3 Å². The van der Waals surface area contributed by atoms with Crippen molar-refractivity contribution in [1.82, 2.24) is 30.2 Å². The van der Waals surface area contributed by atoms with Crippen LogP contribution in [-0.2, 0) is 6.54 Å². The van der Waals surface area contributed by atoms with Gasteiger partial charge in [0.1, 0.15) is 11.6 Å². The van der Waals surface area contributed by atoms with Gasteiger partial charge < -0.3 is 10.6 Å². The fourth-order valence-corrected chi connectivity index (χ4v) is 2.95. The fourth-order valence-electron chi connectivity index (χ4n) is 2.95. The van der Waals surface area contributed by atoms with Crippen LogP contribution in [-0.4, -0.2) is 30.2 Å². The van der Waals surface area contributed by atoms with Crippen molar-refractivity contribution in [3.8, 4) is 17.1 Å². The Morgan fingerprint density at radius 3 is 2.85 bits per heavy atom. The van der Waals surface area contributed by atoms with E-state index in [1.807, 2.05) is 24.3 Å². The summed E-state index contributed by atoms with van der Waals surface area (Å²) in [4.78, 5) is 8.86. The fraction of sp³-hybridized carbons (Fsp3) is 0.0556. The standard InChI is InChI=1S/C18H13FN8/c19-13-6-2-1-5-11(13)9-20-18-21-10-12-16(23-18)22-14-7-3-4-8-15(14)27-17(12)24-25-26-27/h1-8,10H,9H2,(H2,20,21,22,23). The summed E-state index contributed by atoms with van der Waals surface area (Å²) in [6.07, 6.45) is 1.65. The number of benzene rings is 2. The molecular weight excluding hydrogens is 347 g/mol. The van der Waals surface area contributed by atoms with Gasteiger partial charge in [-0.2, -0.15) is 9.67 Å². The summed E-state index contributed by atoms with van der Waals surface area (Å²) in [5, 5.41) is 18.3. The first-order valence-corrected chi connectivity index (χ1v) is 8.29. The molecule has 2 N–H and O–H groups in total. The molecule has 0 unspecified atom stereocenters. The van der Waals surface area contributed by atoms with Crippen molar-refractivity contribution < 1.29 is 4.39 Å². The van der Waals surface area contributed by atoms with E-state index in [1.54, 1.807) is 29.1 Å². The SMILES string of the molecule is Fc1ccccc1CNc1ncc2c(n1)Nc1ccccc1-n1nnnc1-2. The Balaban J connectivity index is 1.52. The van der Waals surface area contributed by atoms with Crippen molar-refractivity contribution in [3.05, 3.63) is 66.1 Å². The molecule has 132 valence electrons. The summed E-state index contributed by atoms with van der Waals surface area (Å²) in [7, 11) is 0. The number of fused-ring (bicyclic) bond motifs is 5. The highest BCUT2D eigenvalue weighted by Gasteiger charge is 2.23. The van der Waals surface area contributed by atoms with E-state index < -0.39 is 0 Å². The van der Waals surface area contributed by atoms with Gasteiger partial charge in [-0.3, -0.25) is 0 Å². The van der Waals surface area contributed by atoms with Gasteiger partial charge in [-0.15, -0.1) is 5.10 Å². The van der Waals surface area contributed by atoms with E-state index in [4.69, 9.17) is 0 Å². The van der Waals surface area contributed by atoms with Crippen LogP contribution in [0.4, 0.5) is 21.8 Å². The van der Waals surface area contributed by atoms with E-state index in [2.05, 4.69) is 36.1 Å². The number of tetrazole rings is 1. The lowest BCUT2D eigenvalue weighted by Crippen LogP contribution is -2.07. The third-order valence-corrected chi connectivity index (χ3v) is 4.28. The third-order valence-electron chi connectivity index (χ3n) is 4.28. The largest absolute Gasteiger partial charge is 0.350 e. The number of aromatic nitrogens is 6. The Hall–Kier alpha value is -3.88. The van der Waals surface area contributed by atoms with Crippen molar-refractivity contribution in [2.75, 3.05) is 10.6 Å². The maximum absolute atomic E-state index is 13.8.